The van der Waals surface area contributed by atoms with Gasteiger partial charge in [0, 0.05) is 5.69 Å². The molecule has 2 N–H and O–H groups in total. The third kappa shape index (κ3) is 5.79. The van der Waals surface area contributed by atoms with E-state index in [9.17, 15) is 19.7 Å². The molecule has 0 saturated carbocycles. The summed E-state index contributed by atoms with van der Waals surface area (Å²) in [6.45, 7) is 1.77. The lowest BCUT2D eigenvalue weighted by molar-refractivity contribution is -0.139. The number of aromatic nitrogens is 1. The van der Waals surface area contributed by atoms with Crippen LogP contribution >= 0.6 is 11.8 Å². The lowest BCUT2D eigenvalue weighted by atomic mass is 9.83. The Balaban J connectivity index is 1.75. The van der Waals surface area contributed by atoms with E-state index in [-0.39, 0.29) is 35.1 Å². The zero-order chi connectivity index (χ0) is 26.4. The van der Waals surface area contributed by atoms with Crippen LogP contribution in [-0.2, 0) is 27.1 Å². The fraction of sp³-hybridized carbons (Fsp3) is 0.357. The molecule has 0 fully saturated rings. The fourth-order valence-electron chi connectivity index (χ4n) is 4.67. The molecule has 0 spiro atoms. The van der Waals surface area contributed by atoms with Gasteiger partial charge in [-0.25, -0.2) is 14.2 Å². The van der Waals surface area contributed by atoms with E-state index in [1.807, 2.05) is 12.1 Å². The number of rotatable bonds is 6. The molecule has 2 heterocycles. The molecule has 4 rings (SSSR count). The Morgan fingerprint density at radius 3 is 2.70 bits per heavy atom. The molecule has 1 aromatic heterocycles. The Bertz CT molecular complexity index is 1360. The number of aryl methyl sites for hydroxylation is 2. The summed E-state index contributed by atoms with van der Waals surface area (Å²) >= 11 is 1.25. The summed E-state index contributed by atoms with van der Waals surface area (Å²) in [7, 11) is 0. The lowest BCUT2D eigenvalue weighted by Gasteiger charge is -2.28. The van der Waals surface area contributed by atoms with E-state index in [1.54, 1.807) is 13.0 Å². The van der Waals surface area contributed by atoms with Crippen molar-refractivity contribution >= 4 is 17.7 Å². The Kier molecular flexibility index (Phi) is 8.47. The zero-order valence-electron chi connectivity index (χ0n) is 20.6. The van der Waals surface area contributed by atoms with Gasteiger partial charge in [-0.3, -0.25) is 0 Å². The first-order chi connectivity index (χ1) is 18.0. The minimum absolute atomic E-state index is 0.000613. The topological polar surface area (TPSA) is 122 Å². The number of nitriles is 2. The highest BCUT2D eigenvalue weighted by atomic mass is 32.2. The average Bonchev–Trinajstić information content (AvgIpc) is 2.87. The summed E-state index contributed by atoms with van der Waals surface area (Å²) in [5.41, 5.74) is 9.13. The van der Waals surface area contributed by atoms with Gasteiger partial charge in [0.15, 0.2) is 0 Å². The molecule has 7 nitrogen and oxygen atoms in total. The molecular formula is C28H27FN4O3S. The molecule has 0 saturated heterocycles. The first kappa shape index (κ1) is 26.2. The first-order valence-corrected chi connectivity index (χ1v) is 13.2. The van der Waals surface area contributed by atoms with Crippen molar-refractivity contribution < 1.29 is 18.7 Å². The molecule has 2 aliphatic rings. The molecule has 0 bridgehead atoms. The second-order valence-electron chi connectivity index (χ2n) is 8.80. The molecule has 37 heavy (non-hydrogen) atoms. The van der Waals surface area contributed by atoms with Crippen molar-refractivity contribution in [3.63, 3.8) is 0 Å². The van der Waals surface area contributed by atoms with Crippen molar-refractivity contribution in [2.24, 2.45) is 5.73 Å². The van der Waals surface area contributed by atoms with Crippen LogP contribution in [0, 0.1) is 28.5 Å². The number of nitrogens with zero attached hydrogens (tertiary/aromatic N) is 3. The summed E-state index contributed by atoms with van der Waals surface area (Å²) in [6, 6.07) is 11.8. The van der Waals surface area contributed by atoms with Crippen LogP contribution in [-0.4, -0.2) is 23.3 Å². The maximum absolute atomic E-state index is 14.1. The summed E-state index contributed by atoms with van der Waals surface area (Å²) in [5, 5.41) is 20.2. The third-order valence-electron chi connectivity index (χ3n) is 6.40. The smallest absolute Gasteiger partial charge is 0.338 e. The van der Waals surface area contributed by atoms with Crippen LogP contribution in [0.3, 0.4) is 0 Å². The van der Waals surface area contributed by atoms with Crippen molar-refractivity contribution in [1.29, 1.82) is 10.5 Å². The number of thioether (sulfide) groups is 1. The zero-order valence-corrected chi connectivity index (χ0v) is 21.4. The predicted molar refractivity (Wildman–Crippen MR) is 136 cm³/mol. The molecule has 1 aliphatic heterocycles. The predicted octanol–water partition coefficient (Wildman–Crippen LogP) is 5.17. The van der Waals surface area contributed by atoms with Crippen LogP contribution in [0.5, 0.6) is 0 Å². The number of fused-ring (bicyclic) bond motifs is 1. The lowest BCUT2D eigenvalue weighted by Crippen LogP contribution is -2.27. The molecule has 0 unspecified atom stereocenters. The van der Waals surface area contributed by atoms with Gasteiger partial charge in [-0.2, -0.15) is 10.5 Å². The van der Waals surface area contributed by atoms with E-state index in [4.69, 9.17) is 20.2 Å². The van der Waals surface area contributed by atoms with E-state index in [1.165, 1.54) is 36.4 Å². The average molecular weight is 519 g/mol. The summed E-state index contributed by atoms with van der Waals surface area (Å²) in [6.07, 6.45) is 6.20. The SMILES string of the molecule is CCOC(=O)C1=C(CSc2nc3c(cc2C#N)CCCCCC3)OC(N)=C(C#N)[C@@H]1c1cccc(F)c1. The third-order valence-corrected chi connectivity index (χ3v) is 7.39. The van der Waals surface area contributed by atoms with E-state index in [0.717, 1.165) is 43.4 Å². The molecule has 2 aromatic rings. The molecule has 0 amide bonds. The summed E-state index contributed by atoms with van der Waals surface area (Å²) in [5.74, 6) is -2.01. The van der Waals surface area contributed by atoms with Crippen molar-refractivity contribution in [3.8, 4) is 12.1 Å². The van der Waals surface area contributed by atoms with Crippen molar-refractivity contribution in [2.75, 3.05) is 12.4 Å². The van der Waals surface area contributed by atoms with Gasteiger partial charge in [-0.15, -0.1) is 0 Å². The summed E-state index contributed by atoms with van der Waals surface area (Å²) < 4.78 is 25.2. The molecule has 1 aromatic carbocycles. The Hall–Kier alpha value is -3.82. The summed E-state index contributed by atoms with van der Waals surface area (Å²) in [4.78, 5) is 18.0. The van der Waals surface area contributed by atoms with Gasteiger partial charge in [0.2, 0.25) is 5.88 Å². The van der Waals surface area contributed by atoms with Crippen LogP contribution in [0.15, 0.2) is 58.1 Å². The number of hydrogen-bond acceptors (Lipinski definition) is 8. The van der Waals surface area contributed by atoms with E-state index < -0.39 is 17.7 Å². The van der Waals surface area contributed by atoms with Crippen LogP contribution in [0.2, 0.25) is 0 Å². The monoisotopic (exact) mass is 518 g/mol. The van der Waals surface area contributed by atoms with Crippen LogP contribution < -0.4 is 5.73 Å². The van der Waals surface area contributed by atoms with Gasteiger partial charge in [0.25, 0.3) is 0 Å². The maximum atomic E-state index is 14.1. The standard InChI is InChI=1S/C28H27FN4O3S/c1-2-35-28(34)25-23(36-26(32)21(15-31)24(25)18-9-7-10-20(29)13-18)16-37-27-19(14-30)12-17-8-5-3-4-6-11-22(17)33-27/h7,9-10,12-13,24H,2-6,8,11,16,32H2,1H3/t24-/m0/s1. The number of carbonyl (C=O) groups excluding carboxylic acids is 1. The fourth-order valence-corrected chi connectivity index (χ4v) is 5.59. The number of hydrogen-bond donors (Lipinski definition) is 1. The molecule has 1 aliphatic carbocycles. The van der Waals surface area contributed by atoms with Gasteiger partial charge >= 0.3 is 5.97 Å². The molecule has 190 valence electrons. The number of allylic oxidation sites excluding steroid dienone is 1. The van der Waals surface area contributed by atoms with Crippen LogP contribution in [0.4, 0.5) is 4.39 Å². The number of halogens is 1. The van der Waals surface area contributed by atoms with Crippen LogP contribution in [0.1, 0.15) is 60.9 Å². The normalized spacial score (nSPS) is 17.6. The van der Waals surface area contributed by atoms with Gasteiger partial charge in [-0.1, -0.05) is 36.7 Å². The van der Waals surface area contributed by atoms with Gasteiger partial charge in [0.1, 0.15) is 34.3 Å². The number of carbonyl (C=O) groups is 1. The minimum atomic E-state index is -0.955. The maximum Gasteiger partial charge on any atom is 0.338 e. The van der Waals surface area contributed by atoms with E-state index in [0.29, 0.717) is 16.2 Å². The van der Waals surface area contributed by atoms with Crippen LogP contribution in [0.25, 0.3) is 0 Å². The Morgan fingerprint density at radius 2 is 2.00 bits per heavy atom. The highest BCUT2D eigenvalue weighted by Crippen LogP contribution is 2.41. The van der Waals surface area contributed by atoms with Gasteiger partial charge in [0.05, 0.1) is 29.4 Å². The Labute approximate surface area is 219 Å². The van der Waals surface area contributed by atoms with Crippen molar-refractivity contribution in [2.45, 2.75) is 56.4 Å². The van der Waals surface area contributed by atoms with Crippen molar-refractivity contribution in [3.05, 3.63) is 81.3 Å². The number of nitrogens with two attached hydrogens (primary N) is 1. The highest BCUT2D eigenvalue weighted by molar-refractivity contribution is 7.99. The largest absolute Gasteiger partial charge is 0.463 e. The van der Waals surface area contributed by atoms with Gasteiger partial charge in [-0.05, 0) is 61.9 Å². The molecule has 0 radical (unpaired) electrons. The Morgan fingerprint density at radius 1 is 1.22 bits per heavy atom. The van der Waals surface area contributed by atoms with E-state index in [2.05, 4.69) is 6.07 Å². The number of benzene rings is 1. The van der Waals surface area contributed by atoms with E-state index >= 15 is 0 Å². The molecule has 1 atom stereocenters. The second kappa shape index (κ2) is 11.9. The quantitative estimate of drug-likeness (QED) is 0.411. The van der Waals surface area contributed by atoms with Crippen molar-refractivity contribution in [1.82, 2.24) is 4.98 Å². The number of esters is 1. The number of pyridine rings is 1. The minimum Gasteiger partial charge on any atom is -0.463 e. The van der Waals surface area contributed by atoms with Gasteiger partial charge < -0.3 is 15.2 Å². The highest BCUT2D eigenvalue weighted by Gasteiger charge is 2.38. The number of ether oxygens (including phenoxy) is 2. The first-order valence-electron chi connectivity index (χ1n) is 12.3. The molecular weight excluding hydrogens is 491 g/mol. The second-order valence-corrected chi connectivity index (χ2v) is 9.76. The molecule has 9 heteroatoms.